The molecule has 2 saturated carbocycles. The van der Waals surface area contributed by atoms with E-state index in [9.17, 15) is 14.4 Å². The predicted molar refractivity (Wildman–Crippen MR) is 106 cm³/mol. The molecule has 28 heavy (non-hydrogen) atoms. The van der Waals surface area contributed by atoms with E-state index in [0.717, 1.165) is 24.7 Å². The summed E-state index contributed by atoms with van der Waals surface area (Å²) < 4.78 is 11.1. The number of fused-ring (bicyclic) bond motifs is 3. The predicted octanol–water partition coefficient (Wildman–Crippen LogP) is 3.75. The van der Waals surface area contributed by atoms with E-state index < -0.39 is 11.3 Å². The average molecular weight is 391 g/mol. The summed E-state index contributed by atoms with van der Waals surface area (Å²) in [6.07, 6.45) is 6.13. The molecule has 0 unspecified atom stereocenters. The molecule has 0 saturated heterocycles. The monoisotopic (exact) mass is 390 g/mol. The largest absolute Gasteiger partial charge is 0.466 e. The summed E-state index contributed by atoms with van der Waals surface area (Å²) in [6, 6.07) is 0. The maximum atomic E-state index is 13.6. The standard InChI is InChI=1S/C23H34O5/c1-6-28-21(26)12-17-15(3)7-9-18-22(4)16(11-19(25)23(17,18)13-24)14(2)8-10-20(22)27-5/h7,13-14,16-18,20H,6,8-12H2,1-5H3/t14-,16+,17-,18+,20-,22+,23+/m1/s1. The summed E-state index contributed by atoms with van der Waals surface area (Å²) in [7, 11) is 1.74. The molecule has 3 aliphatic rings. The van der Waals surface area contributed by atoms with Crippen LogP contribution in [0.1, 0.15) is 59.8 Å². The first-order valence-corrected chi connectivity index (χ1v) is 10.6. The van der Waals surface area contributed by atoms with Crippen molar-refractivity contribution in [1.29, 1.82) is 0 Å². The van der Waals surface area contributed by atoms with Crippen molar-refractivity contribution in [2.45, 2.75) is 65.9 Å². The number of hydrogen-bond acceptors (Lipinski definition) is 5. The van der Waals surface area contributed by atoms with Gasteiger partial charge in [0.2, 0.25) is 0 Å². The fourth-order valence-electron chi connectivity index (χ4n) is 6.79. The first-order chi connectivity index (χ1) is 13.3. The molecule has 2 fully saturated rings. The summed E-state index contributed by atoms with van der Waals surface area (Å²) >= 11 is 0. The molecule has 0 spiro atoms. The fraction of sp³-hybridized carbons (Fsp3) is 0.783. The van der Waals surface area contributed by atoms with Crippen LogP contribution in [0.15, 0.2) is 11.6 Å². The molecule has 3 aliphatic carbocycles. The SMILES string of the molecule is CCOC(=O)C[C@@H]1C(C)=CC[C@@H]2[C@@]1(C=O)C(=O)C[C@H]1[C@H](C)CC[C@@H](OC)[C@]21C. The lowest BCUT2D eigenvalue weighted by atomic mass is 9.40. The number of carbonyl (C=O) groups is 3. The summed E-state index contributed by atoms with van der Waals surface area (Å²) in [4.78, 5) is 38.6. The Hall–Kier alpha value is -1.49. The minimum Gasteiger partial charge on any atom is -0.466 e. The Kier molecular flexibility index (Phi) is 5.86. The highest BCUT2D eigenvalue weighted by molar-refractivity contribution is 6.01. The number of hydrogen-bond donors (Lipinski definition) is 0. The topological polar surface area (TPSA) is 69.7 Å². The van der Waals surface area contributed by atoms with E-state index >= 15 is 0 Å². The van der Waals surface area contributed by atoms with Crippen LogP contribution in [-0.2, 0) is 23.9 Å². The smallest absolute Gasteiger partial charge is 0.306 e. The van der Waals surface area contributed by atoms with Gasteiger partial charge in [0.15, 0.2) is 0 Å². The Balaban J connectivity index is 2.12. The van der Waals surface area contributed by atoms with E-state index in [1.807, 2.05) is 6.92 Å². The lowest BCUT2D eigenvalue weighted by Crippen LogP contribution is -2.66. The van der Waals surface area contributed by atoms with Crippen molar-refractivity contribution in [3.05, 3.63) is 11.6 Å². The van der Waals surface area contributed by atoms with Gasteiger partial charge in [0, 0.05) is 24.9 Å². The molecule has 0 bridgehead atoms. The number of Topliss-reactive ketones (excluding diaryl/α,β-unsaturated/α-hetero) is 1. The molecule has 0 radical (unpaired) electrons. The summed E-state index contributed by atoms with van der Waals surface area (Å²) in [5.41, 5.74) is -0.486. The van der Waals surface area contributed by atoms with E-state index in [2.05, 4.69) is 19.9 Å². The summed E-state index contributed by atoms with van der Waals surface area (Å²) in [5.74, 6) is -0.308. The molecule has 3 rings (SSSR count). The van der Waals surface area contributed by atoms with E-state index in [1.54, 1.807) is 14.0 Å². The normalized spacial score (nSPS) is 42.8. The first kappa shape index (κ1) is 21.2. The molecule has 0 aromatic heterocycles. The third kappa shape index (κ3) is 2.89. The van der Waals surface area contributed by atoms with Crippen molar-refractivity contribution in [3.63, 3.8) is 0 Å². The second-order valence-electron chi connectivity index (χ2n) is 9.23. The van der Waals surface area contributed by atoms with Gasteiger partial charge in [-0.1, -0.05) is 25.5 Å². The van der Waals surface area contributed by atoms with Gasteiger partial charge in [-0.3, -0.25) is 9.59 Å². The van der Waals surface area contributed by atoms with Gasteiger partial charge in [-0.25, -0.2) is 0 Å². The molecule has 0 heterocycles. The van der Waals surface area contributed by atoms with Crippen LogP contribution in [0.5, 0.6) is 0 Å². The van der Waals surface area contributed by atoms with Crippen LogP contribution in [-0.4, -0.2) is 37.9 Å². The van der Waals surface area contributed by atoms with Gasteiger partial charge in [-0.2, -0.15) is 0 Å². The molecule has 5 nitrogen and oxygen atoms in total. The first-order valence-electron chi connectivity index (χ1n) is 10.6. The number of allylic oxidation sites excluding steroid dienone is 2. The van der Waals surface area contributed by atoms with Crippen molar-refractivity contribution in [2.75, 3.05) is 13.7 Å². The lowest BCUT2D eigenvalue weighted by Gasteiger charge is -2.63. The molecule has 0 aromatic carbocycles. The highest BCUT2D eigenvalue weighted by atomic mass is 16.5. The van der Waals surface area contributed by atoms with Crippen LogP contribution < -0.4 is 0 Å². The molecule has 0 amide bonds. The molecule has 7 atom stereocenters. The van der Waals surface area contributed by atoms with Gasteiger partial charge in [-0.15, -0.1) is 0 Å². The number of esters is 1. The van der Waals surface area contributed by atoms with Crippen molar-refractivity contribution < 1.29 is 23.9 Å². The number of aldehydes is 1. The molecule has 156 valence electrons. The van der Waals surface area contributed by atoms with Gasteiger partial charge in [0.1, 0.15) is 12.1 Å². The maximum Gasteiger partial charge on any atom is 0.306 e. The summed E-state index contributed by atoms with van der Waals surface area (Å²) in [5, 5.41) is 0. The van der Waals surface area contributed by atoms with Crippen LogP contribution in [0.2, 0.25) is 0 Å². The number of carbonyl (C=O) groups excluding carboxylic acids is 3. The van der Waals surface area contributed by atoms with Crippen molar-refractivity contribution in [3.8, 4) is 0 Å². The molecule has 5 heteroatoms. The Morgan fingerprint density at radius 3 is 2.68 bits per heavy atom. The highest BCUT2D eigenvalue weighted by Crippen LogP contribution is 2.65. The highest BCUT2D eigenvalue weighted by Gasteiger charge is 2.67. The van der Waals surface area contributed by atoms with E-state index in [0.29, 0.717) is 25.4 Å². The van der Waals surface area contributed by atoms with E-state index in [-0.39, 0.29) is 41.5 Å². The molecule has 0 aliphatic heterocycles. The third-order valence-electron chi connectivity index (χ3n) is 8.24. The fourth-order valence-corrected chi connectivity index (χ4v) is 6.79. The number of ether oxygens (including phenoxy) is 2. The zero-order valence-corrected chi connectivity index (χ0v) is 17.8. The minimum absolute atomic E-state index is 0.000302. The molecule has 0 aromatic rings. The van der Waals surface area contributed by atoms with Crippen LogP contribution >= 0.6 is 0 Å². The minimum atomic E-state index is -1.16. The molecular formula is C23H34O5. The van der Waals surface area contributed by atoms with Gasteiger partial charge in [0.05, 0.1) is 24.5 Å². The maximum absolute atomic E-state index is 13.6. The zero-order valence-electron chi connectivity index (χ0n) is 17.8. The second kappa shape index (κ2) is 7.74. The Morgan fingerprint density at radius 1 is 1.36 bits per heavy atom. The quantitative estimate of drug-likeness (QED) is 0.309. The van der Waals surface area contributed by atoms with Crippen molar-refractivity contribution in [2.24, 2.45) is 34.5 Å². The van der Waals surface area contributed by atoms with Crippen molar-refractivity contribution >= 4 is 18.0 Å². The third-order valence-corrected chi connectivity index (χ3v) is 8.24. The average Bonchev–Trinajstić information content (AvgIpc) is 2.66. The van der Waals surface area contributed by atoms with Crippen LogP contribution in [0.25, 0.3) is 0 Å². The zero-order chi connectivity index (χ0) is 20.7. The van der Waals surface area contributed by atoms with Crippen molar-refractivity contribution in [1.82, 2.24) is 0 Å². The van der Waals surface area contributed by atoms with Gasteiger partial charge >= 0.3 is 5.97 Å². The summed E-state index contributed by atoms with van der Waals surface area (Å²) in [6.45, 7) is 8.43. The lowest BCUT2D eigenvalue weighted by molar-refractivity contribution is -0.192. The number of methoxy groups -OCH3 is 1. The Morgan fingerprint density at radius 2 is 2.07 bits per heavy atom. The molecule has 0 N–H and O–H groups in total. The second-order valence-corrected chi connectivity index (χ2v) is 9.23. The number of rotatable bonds is 5. The van der Waals surface area contributed by atoms with Gasteiger partial charge in [0.25, 0.3) is 0 Å². The van der Waals surface area contributed by atoms with Crippen LogP contribution in [0.4, 0.5) is 0 Å². The Labute approximate surface area is 168 Å². The van der Waals surface area contributed by atoms with E-state index in [4.69, 9.17) is 9.47 Å². The van der Waals surface area contributed by atoms with Crippen LogP contribution in [0, 0.1) is 34.5 Å². The van der Waals surface area contributed by atoms with Gasteiger partial charge in [-0.05, 0) is 50.9 Å². The Bertz CT molecular complexity index is 682. The number of ketones is 1. The van der Waals surface area contributed by atoms with E-state index in [1.165, 1.54) is 0 Å². The molecular weight excluding hydrogens is 356 g/mol. The van der Waals surface area contributed by atoms with Crippen LogP contribution in [0.3, 0.4) is 0 Å². The van der Waals surface area contributed by atoms with Gasteiger partial charge < -0.3 is 14.3 Å².